The number of halogens is 4. The summed E-state index contributed by atoms with van der Waals surface area (Å²) in [5.41, 5.74) is -1.62. The topological polar surface area (TPSA) is 67.2 Å². The average Bonchev–Trinajstić information content (AvgIpc) is 3.03. The lowest BCUT2D eigenvalue weighted by molar-refractivity contribution is -0.137. The number of carbonyl (C=O) groups excluding carboxylic acids is 2. The number of hydrogen-bond acceptors (Lipinski definition) is 3. The fourth-order valence-electron chi connectivity index (χ4n) is 3.59. The number of rotatable bonds is 4. The molecule has 1 atom stereocenters. The minimum atomic E-state index is -4.68. The van der Waals surface area contributed by atoms with Crippen molar-refractivity contribution in [3.63, 3.8) is 0 Å². The van der Waals surface area contributed by atoms with Gasteiger partial charge in [0.15, 0.2) is 0 Å². The summed E-state index contributed by atoms with van der Waals surface area (Å²) in [6.45, 7) is 4.30. The van der Waals surface area contributed by atoms with Gasteiger partial charge in [-0.05, 0) is 18.2 Å². The van der Waals surface area contributed by atoms with Gasteiger partial charge in [0.1, 0.15) is 11.7 Å². The number of aryl methyl sites for hydroxylation is 1. The van der Waals surface area contributed by atoms with Crippen LogP contribution in [0.1, 0.15) is 41.6 Å². The highest BCUT2D eigenvalue weighted by Crippen LogP contribution is 2.48. The van der Waals surface area contributed by atoms with E-state index in [-0.39, 0.29) is 22.7 Å². The molecule has 1 fully saturated rings. The molecule has 1 saturated heterocycles. The van der Waals surface area contributed by atoms with Crippen molar-refractivity contribution in [2.24, 2.45) is 12.5 Å². The number of nitrogens with zero attached hydrogens (tertiary/aromatic N) is 3. The molecule has 156 valence electrons. The summed E-state index contributed by atoms with van der Waals surface area (Å²) in [6, 6.07) is 2.41. The van der Waals surface area contributed by atoms with E-state index in [4.69, 9.17) is 11.6 Å². The third-order valence-corrected chi connectivity index (χ3v) is 5.15. The number of imidazole rings is 1. The van der Waals surface area contributed by atoms with Gasteiger partial charge in [-0.1, -0.05) is 13.8 Å². The molecule has 3 rings (SSSR count). The Labute approximate surface area is 170 Å². The van der Waals surface area contributed by atoms with E-state index in [9.17, 15) is 22.8 Å². The Morgan fingerprint density at radius 1 is 1.31 bits per heavy atom. The van der Waals surface area contributed by atoms with Crippen LogP contribution in [0.5, 0.6) is 0 Å². The maximum atomic E-state index is 13.3. The molecule has 1 unspecified atom stereocenters. The van der Waals surface area contributed by atoms with Crippen molar-refractivity contribution in [2.45, 2.75) is 26.1 Å². The van der Waals surface area contributed by atoms with Crippen molar-refractivity contribution in [3.05, 3.63) is 47.5 Å². The van der Waals surface area contributed by atoms with Crippen molar-refractivity contribution >= 4 is 29.1 Å². The third-order valence-electron chi connectivity index (χ3n) is 4.91. The molecular formula is C19H20ClF3N4O2. The van der Waals surface area contributed by atoms with Crippen molar-refractivity contribution in [2.75, 3.05) is 17.7 Å². The number of benzene rings is 1. The number of hydrogen-bond donors (Lipinski definition) is 1. The zero-order valence-electron chi connectivity index (χ0n) is 16.0. The highest BCUT2D eigenvalue weighted by Gasteiger charge is 2.51. The SMILES string of the molecule is Cn1ccnc1C1N(C(=O)c2cc(NC(=O)CCl)cc(C(F)(F)F)c2)CC1(C)C. The quantitative estimate of drug-likeness (QED) is 0.752. The number of aromatic nitrogens is 2. The van der Waals surface area contributed by atoms with Gasteiger partial charge in [0.25, 0.3) is 5.91 Å². The van der Waals surface area contributed by atoms with Crippen LogP contribution in [-0.2, 0) is 18.0 Å². The van der Waals surface area contributed by atoms with Gasteiger partial charge in [0, 0.05) is 42.7 Å². The van der Waals surface area contributed by atoms with Crippen LogP contribution in [0, 0.1) is 5.41 Å². The molecule has 29 heavy (non-hydrogen) atoms. The van der Waals surface area contributed by atoms with Crippen LogP contribution in [0.2, 0.25) is 0 Å². The molecule has 2 heterocycles. The zero-order valence-corrected chi connectivity index (χ0v) is 16.8. The van der Waals surface area contributed by atoms with Gasteiger partial charge in [-0.2, -0.15) is 13.2 Å². The van der Waals surface area contributed by atoms with Crippen LogP contribution in [-0.4, -0.2) is 38.7 Å². The fraction of sp³-hybridized carbons (Fsp3) is 0.421. The predicted molar refractivity (Wildman–Crippen MR) is 102 cm³/mol. The lowest BCUT2D eigenvalue weighted by Gasteiger charge is -2.53. The normalized spacial score (nSPS) is 18.3. The predicted octanol–water partition coefficient (Wildman–Crippen LogP) is 3.84. The highest BCUT2D eigenvalue weighted by molar-refractivity contribution is 6.29. The first kappa shape index (κ1) is 21.2. The Balaban J connectivity index is 1.98. The Hall–Kier alpha value is -2.55. The first-order chi connectivity index (χ1) is 13.4. The second kappa shape index (κ2) is 7.37. The number of amides is 2. The van der Waals surface area contributed by atoms with Gasteiger partial charge in [-0.25, -0.2) is 4.98 Å². The molecule has 10 heteroatoms. The molecule has 0 saturated carbocycles. The number of alkyl halides is 4. The number of likely N-dealkylation sites (tertiary alicyclic amines) is 1. The molecule has 0 aliphatic carbocycles. The van der Waals surface area contributed by atoms with E-state index >= 15 is 0 Å². The molecule has 0 spiro atoms. The Morgan fingerprint density at radius 3 is 2.52 bits per heavy atom. The lowest BCUT2D eigenvalue weighted by Crippen LogP contribution is -2.58. The summed E-state index contributed by atoms with van der Waals surface area (Å²) in [4.78, 5) is 30.4. The molecule has 1 aliphatic rings. The number of nitrogens with one attached hydrogen (secondary N) is 1. The van der Waals surface area contributed by atoms with Crippen molar-refractivity contribution < 1.29 is 22.8 Å². The smallest absolute Gasteiger partial charge is 0.336 e. The average molecular weight is 429 g/mol. The minimum absolute atomic E-state index is 0.137. The van der Waals surface area contributed by atoms with E-state index in [1.165, 1.54) is 11.0 Å². The summed E-state index contributed by atoms with van der Waals surface area (Å²) >= 11 is 5.42. The van der Waals surface area contributed by atoms with Gasteiger partial charge in [-0.15, -0.1) is 11.6 Å². The monoisotopic (exact) mass is 428 g/mol. The Morgan fingerprint density at radius 2 is 2.00 bits per heavy atom. The third kappa shape index (κ3) is 4.10. The van der Waals surface area contributed by atoms with Crippen LogP contribution in [0.3, 0.4) is 0 Å². The maximum Gasteiger partial charge on any atom is 0.416 e. The van der Waals surface area contributed by atoms with Gasteiger partial charge < -0.3 is 14.8 Å². The molecule has 2 aromatic rings. The maximum absolute atomic E-state index is 13.3. The zero-order chi connectivity index (χ0) is 21.6. The molecule has 1 aromatic carbocycles. The molecule has 1 N–H and O–H groups in total. The van der Waals surface area contributed by atoms with Gasteiger partial charge in [-0.3, -0.25) is 9.59 Å². The first-order valence-corrected chi connectivity index (χ1v) is 9.34. The standard InChI is InChI=1S/C19H20ClF3N4O2/c1-18(2)10-27(15(18)16-24-4-5-26(16)3)17(29)11-6-12(19(21,22)23)8-13(7-11)25-14(28)9-20/h4-8,15H,9-10H2,1-3H3,(H,25,28). The van der Waals surface area contributed by atoms with E-state index < -0.39 is 29.4 Å². The Kier molecular flexibility index (Phi) is 5.38. The summed E-state index contributed by atoms with van der Waals surface area (Å²) in [6.07, 6.45) is -1.32. The molecular weight excluding hydrogens is 409 g/mol. The Bertz CT molecular complexity index is 955. The van der Waals surface area contributed by atoms with Crippen LogP contribution in [0.25, 0.3) is 0 Å². The molecule has 6 nitrogen and oxygen atoms in total. The first-order valence-electron chi connectivity index (χ1n) is 8.80. The summed E-state index contributed by atoms with van der Waals surface area (Å²) in [5.74, 6) is -0.997. The van der Waals surface area contributed by atoms with E-state index in [0.29, 0.717) is 12.4 Å². The van der Waals surface area contributed by atoms with Crippen LogP contribution in [0.4, 0.5) is 18.9 Å². The van der Waals surface area contributed by atoms with Gasteiger partial charge >= 0.3 is 6.18 Å². The van der Waals surface area contributed by atoms with Crippen molar-refractivity contribution in [1.82, 2.24) is 14.5 Å². The summed E-state index contributed by atoms with van der Waals surface area (Å²) in [5, 5.41) is 2.28. The molecule has 1 aliphatic heterocycles. The molecule has 0 bridgehead atoms. The highest BCUT2D eigenvalue weighted by atomic mass is 35.5. The number of carbonyl (C=O) groups is 2. The second-order valence-electron chi connectivity index (χ2n) is 7.70. The summed E-state index contributed by atoms with van der Waals surface area (Å²) < 4.78 is 41.8. The van der Waals surface area contributed by atoms with Gasteiger partial charge in [0.2, 0.25) is 5.91 Å². The van der Waals surface area contributed by atoms with Crippen LogP contribution < -0.4 is 5.32 Å². The molecule has 2 amide bonds. The fourth-order valence-corrected chi connectivity index (χ4v) is 3.66. The van der Waals surface area contributed by atoms with E-state index in [2.05, 4.69) is 10.3 Å². The molecule has 1 aromatic heterocycles. The van der Waals surface area contributed by atoms with Gasteiger partial charge in [0.05, 0.1) is 11.6 Å². The second-order valence-corrected chi connectivity index (χ2v) is 7.97. The molecule has 0 radical (unpaired) electrons. The minimum Gasteiger partial charge on any atom is -0.336 e. The lowest BCUT2D eigenvalue weighted by atomic mass is 9.74. The van der Waals surface area contributed by atoms with E-state index in [0.717, 1.165) is 12.1 Å². The number of anilines is 1. The van der Waals surface area contributed by atoms with Crippen LogP contribution >= 0.6 is 11.6 Å². The largest absolute Gasteiger partial charge is 0.416 e. The summed E-state index contributed by atoms with van der Waals surface area (Å²) in [7, 11) is 1.80. The van der Waals surface area contributed by atoms with Crippen molar-refractivity contribution in [3.8, 4) is 0 Å². The van der Waals surface area contributed by atoms with Crippen molar-refractivity contribution in [1.29, 1.82) is 0 Å². The van der Waals surface area contributed by atoms with E-state index in [1.54, 1.807) is 24.0 Å². The van der Waals surface area contributed by atoms with E-state index in [1.807, 2.05) is 13.8 Å². The van der Waals surface area contributed by atoms with Crippen LogP contribution in [0.15, 0.2) is 30.6 Å².